The largest absolute Gasteiger partial charge is 0.490 e. The number of H-pyrrole nitrogens is 1. The maximum Gasteiger partial charge on any atom is 0.401 e. The highest BCUT2D eigenvalue weighted by Crippen LogP contribution is 2.33. The minimum absolute atomic E-state index is 0.00414. The molecule has 44 heavy (non-hydrogen) atoms. The van der Waals surface area contributed by atoms with Gasteiger partial charge in [-0.1, -0.05) is 24.3 Å². The summed E-state index contributed by atoms with van der Waals surface area (Å²) in [5.74, 6) is 1.43. The Balaban J connectivity index is 1.14. The molecule has 0 saturated carbocycles. The molecule has 2 aromatic heterocycles. The molecule has 0 unspecified atom stereocenters. The van der Waals surface area contributed by atoms with Crippen LogP contribution in [0.2, 0.25) is 0 Å². The molecule has 2 aromatic carbocycles. The van der Waals surface area contributed by atoms with Gasteiger partial charge in [0.2, 0.25) is 5.91 Å². The van der Waals surface area contributed by atoms with Crippen molar-refractivity contribution < 1.29 is 27.8 Å². The first-order valence-corrected chi connectivity index (χ1v) is 14.9. The van der Waals surface area contributed by atoms with Gasteiger partial charge in [-0.25, -0.2) is 15.0 Å². The van der Waals surface area contributed by atoms with E-state index >= 15 is 0 Å². The third-order valence-corrected chi connectivity index (χ3v) is 8.60. The Kier molecular flexibility index (Phi) is 8.55. The first kappa shape index (κ1) is 30.0. The van der Waals surface area contributed by atoms with E-state index in [9.17, 15) is 18.0 Å². The van der Waals surface area contributed by atoms with Crippen molar-refractivity contribution in [2.45, 2.75) is 50.8 Å². The van der Waals surface area contributed by atoms with E-state index in [0.717, 1.165) is 28.0 Å². The standard InChI is InChI=1S/C32H35F3N6O3/c1-20-16-24(6-7-26(20)44-25-10-14-41(15-11-25)27(43)17-42)28-29-31(37-19-36-28)39-30(38-29)23-4-2-21(3-5-23)22-8-12-40(13-9-22)18-32(33,34)35/h2-7,16,19,22,25,42H,8-15,17-18H2,1H3,(H,36,37,38,39). The number of rotatable bonds is 7. The van der Waals surface area contributed by atoms with Crippen molar-refractivity contribution in [1.82, 2.24) is 29.7 Å². The second kappa shape index (κ2) is 12.5. The highest BCUT2D eigenvalue weighted by molar-refractivity contribution is 5.89. The Bertz CT molecular complexity index is 1610. The van der Waals surface area contributed by atoms with Crippen molar-refractivity contribution in [2.75, 3.05) is 39.3 Å². The molecule has 4 heterocycles. The van der Waals surface area contributed by atoms with Crippen LogP contribution in [-0.2, 0) is 4.79 Å². The molecule has 4 aromatic rings. The average molecular weight is 609 g/mol. The summed E-state index contributed by atoms with van der Waals surface area (Å²) in [6.45, 7) is 2.69. The number of aliphatic hydroxyl groups excluding tert-OH is 1. The van der Waals surface area contributed by atoms with Gasteiger partial charge in [-0.2, -0.15) is 13.2 Å². The first-order chi connectivity index (χ1) is 21.2. The Labute approximate surface area is 253 Å². The summed E-state index contributed by atoms with van der Waals surface area (Å²) < 4.78 is 44.5. The van der Waals surface area contributed by atoms with Gasteiger partial charge in [0.15, 0.2) is 5.65 Å². The van der Waals surface area contributed by atoms with E-state index in [4.69, 9.17) is 14.8 Å². The zero-order valence-electron chi connectivity index (χ0n) is 24.5. The maximum absolute atomic E-state index is 12.7. The molecule has 9 nitrogen and oxygen atoms in total. The van der Waals surface area contributed by atoms with E-state index in [2.05, 4.69) is 15.0 Å². The third kappa shape index (κ3) is 6.71. The normalized spacial score (nSPS) is 17.3. The number of aliphatic hydroxyl groups is 1. The molecule has 0 atom stereocenters. The van der Waals surface area contributed by atoms with E-state index in [1.807, 2.05) is 49.4 Å². The van der Waals surface area contributed by atoms with Gasteiger partial charge in [0, 0.05) is 37.1 Å². The topological polar surface area (TPSA) is 107 Å². The number of carbonyl (C=O) groups is 1. The predicted molar refractivity (Wildman–Crippen MR) is 159 cm³/mol. The number of benzene rings is 2. The summed E-state index contributed by atoms with van der Waals surface area (Å²) in [5, 5.41) is 9.09. The monoisotopic (exact) mass is 608 g/mol. The molecule has 0 aliphatic carbocycles. The number of halogens is 3. The number of hydrogen-bond donors (Lipinski definition) is 2. The highest BCUT2D eigenvalue weighted by atomic mass is 19.4. The van der Waals surface area contributed by atoms with Gasteiger partial charge >= 0.3 is 6.18 Å². The van der Waals surface area contributed by atoms with Crippen molar-refractivity contribution in [1.29, 1.82) is 0 Å². The number of carbonyl (C=O) groups excluding carboxylic acids is 1. The fraction of sp³-hybridized carbons (Fsp3) is 0.438. The number of aromatic nitrogens is 4. The first-order valence-electron chi connectivity index (χ1n) is 14.9. The van der Waals surface area contributed by atoms with Crippen LogP contribution in [0, 0.1) is 6.92 Å². The van der Waals surface area contributed by atoms with E-state index in [-0.39, 0.29) is 17.9 Å². The van der Waals surface area contributed by atoms with Crippen molar-refractivity contribution >= 4 is 17.1 Å². The summed E-state index contributed by atoms with van der Waals surface area (Å²) in [6.07, 6.45) is 0.159. The summed E-state index contributed by atoms with van der Waals surface area (Å²) in [5.41, 5.74) is 5.82. The molecular weight excluding hydrogens is 573 g/mol. The maximum atomic E-state index is 12.7. The number of alkyl halides is 3. The molecule has 2 fully saturated rings. The number of imidazole rings is 1. The zero-order chi connectivity index (χ0) is 30.8. The van der Waals surface area contributed by atoms with Crippen LogP contribution in [0.1, 0.15) is 42.7 Å². The van der Waals surface area contributed by atoms with Crippen LogP contribution in [0.4, 0.5) is 13.2 Å². The minimum Gasteiger partial charge on any atom is -0.490 e. The second-order valence-corrected chi connectivity index (χ2v) is 11.6. The number of hydrogen-bond acceptors (Lipinski definition) is 7. The second-order valence-electron chi connectivity index (χ2n) is 11.6. The summed E-state index contributed by atoms with van der Waals surface area (Å²) in [7, 11) is 0. The zero-order valence-corrected chi connectivity index (χ0v) is 24.5. The molecule has 12 heteroatoms. The van der Waals surface area contributed by atoms with E-state index in [1.54, 1.807) is 4.90 Å². The lowest BCUT2D eigenvalue weighted by atomic mass is 9.89. The van der Waals surface area contributed by atoms with E-state index in [0.29, 0.717) is 74.5 Å². The molecular formula is C32H35F3N6O3. The third-order valence-electron chi connectivity index (χ3n) is 8.60. The molecule has 0 spiro atoms. The lowest BCUT2D eigenvalue weighted by molar-refractivity contribution is -0.148. The smallest absolute Gasteiger partial charge is 0.401 e. The van der Waals surface area contributed by atoms with Crippen LogP contribution in [0.5, 0.6) is 5.75 Å². The van der Waals surface area contributed by atoms with Gasteiger partial charge in [0.1, 0.15) is 41.8 Å². The summed E-state index contributed by atoms with van der Waals surface area (Å²) in [4.78, 5) is 32.0. The van der Waals surface area contributed by atoms with Gasteiger partial charge in [-0.05, 0) is 68.1 Å². The van der Waals surface area contributed by atoms with Gasteiger partial charge in [0.25, 0.3) is 0 Å². The number of nitrogens with one attached hydrogen (secondary N) is 1. The fourth-order valence-electron chi connectivity index (χ4n) is 6.20. The number of aryl methyl sites for hydroxylation is 1. The Morgan fingerprint density at radius 2 is 1.70 bits per heavy atom. The van der Waals surface area contributed by atoms with Crippen LogP contribution in [0.15, 0.2) is 48.8 Å². The quantitative estimate of drug-likeness (QED) is 0.301. The van der Waals surface area contributed by atoms with Crippen LogP contribution in [0.25, 0.3) is 33.8 Å². The lowest BCUT2D eigenvalue weighted by Crippen LogP contribution is -2.42. The number of ether oxygens (including phenoxy) is 1. The molecule has 6 rings (SSSR count). The predicted octanol–water partition coefficient (Wildman–Crippen LogP) is 5.10. The Hall–Kier alpha value is -4.03. The summed E-state index contributed by atoms with van der Waals surface area (Å²) >= 11 is 0. The molecule has 2 aliphatic rings. The molecule has 2 saturated heterocycles. The molecule has 0 radical (unpaired) electrons. The molecule has 2 aliphatic heterocycles. The van der Waals surface area contributed by atoms with Crippen LogP contribution in [-0.4, -0.2) is 92.4 Å². The number of aromatic amines is 1. The van der Waals surface area contributed by atoms with Gasteiger partial charge in [0.05, 0.1) is 6.54 Å². The minimum atomic E-state index is -4.16. The Morgan fingerprint density at radius 3 is 2.36 bits per heavy atom. The number of likely N-dealkylation sites (tertiary alicyclic amines) is 2. The van der Waals surface area contributed by atoms with Crippen molar-refractivity contribution in [3.8, 4) is 28.4 Å². The van der Waals surface area contributed by atoms with Gasteiger partial charge in [-0.15, -0.1) is 0 Å². The number of nitrogens with zero attached hydrogens (tertiary/aromatic N) is 5. The van der Waals surface area contributed by atoms with Crippen molar-refractivity contribution in [3.63, 3.8) is 0 Å². The van der Waals surface area contributed by atoms with Crippen LogP contribution >= 0.6 is 0 Å². The number of piperidine rings is 2. The van der Waals surface area contributed by atoms with Crippen molar-refractivity contribution in [3.05, 3.63) is 59.9 Å². The summed E-state index contributed by atoms with van der Waals surface area (Å²) in [6, 6.07) is 14.0. The fourth-order valence-corrected chi connectivity index (χ4v) is 6.20. The number of fused-ring (bicyclic) bond motifs is 1. The van der Waals surface area contributed by atoms with E-state index in [1.165, 1.54) is 11.2 Å². The van der Waals surface area contributed by atoms with Crippen LogP contribution in [0.3, 0.4) is 0 Å². The lowest BCUT2D eigenvalue weighted by Gasteiger charge is -2.32. The van der Waals surface area contributed by atoms with Crippen molar-refractivity contribution in [2.24, 2.45) is 0 Å². The molecule has 0 bridgehead atoms. The van der Waals surface area contributed by atoms with Crippen LogP contribution < -0.4 is 4.74 Å². The van der Waals surface area contributed by atoms with Gasteiger partial charge in [-0.3, -0.25) is 9.69 Å². The SMILES string of the molecule is Cc1cc(-c2ncnc3[nH]c(-c4ccc(C5CCN(CC(F)(F)F)CC5)cc4)nc23)ccc1OC1CCN(C(=O)CO)CC1. The molecule has 2 N–H and O–H groups in total. The molecule has 232 valence electrons. The molecule has 1 amide bonds. The highest BCUT2D eigenvalue weighted by Gasteiger charge is 2.33. The number of amides is 1. The van der Waals surface area contributed by atoms with E-state index < -0.39 is 19.3 Å². The Morgan fingerprint density at radius 1 is 1.00 bits per heavy atom. The van der Waals surface area contributed by atoms with Gasteiger partial charge < -0.3 is 19.7 Å². The average Bonchev–Trinajstić information content (AvgIpc) is 3.46.